The van der Waals surface area contributed by atoms with Crippen LogP contribution in [0.5, 0.6) is 0 Å². The molecule has 7 nitrogen and oxygen atoms in total. The predicted molar refractivity (Wildman–Crippen MR) is 99.2 cm³/mol. The van der Waals surface area contributed by atoms with E-state index in [1.165, 1.54) is 0 Å². The Labute approximate surface area is 162 Å². The SMILES string of the molecule is CC1CN(C(=O)CCCc2nc(-c3ccc(Cl)cc3)no2)CCC1C(=O)O. The van der Waals surface area contributed by atoms with Crippen molar-refractivity contribution in [1.29, 1.82) is 0 Å². The van der Waals surface area contributed by atoms with E-state index in [-0.39, 0.29) is 17.7 Å². The number of piperidine rings is 1. The first-order chi connectivity index (χ1) is 12.9. The largest absolute Gasteiger partial charge is 0.481 e. The van der Waals surface area contributed by atoms with Gasteiger partial charge in [0.1, 0.15) is 0 Å². The van der Waals surface area contributed by atoms with E-state index < -0.39 is 5.97 Å². The van der Waals surface area contributed by atoms with Crippen LogP contribution in [0.3, 0.4) is 0 Å². The van der Waals surface area contributed by atoms with Crippen molar-refractivity contribution < 1.29 is 19.2 Å². The van der Waals surface area contributed by atoms with E-state index >= 15 is 0 Å². The van der Waals surface area contributed by atoms with Crippen molar-refractivity contribution in [2.75, 3.05) is 13.1 Å². The number of nitrogens with zero attached hydrogens (tertiary/aromatic N) is 3. The number of rotatable bonds is 6. The Hall–Kier alpha value is -2.41. The molecule has 0 bridgehead atoms. The second-order valence-corrected chi connectivity index (χ2v) is 7.36. The van der Waals surface area contributed by atoms with Gasteiger partial charge >= 0.3 is 5.97 Å². The third-order valence-electron chi connectivity index (χ3n) is 4.93. The smallest absolute Gasteiger partial charge is 0.306 e. The Morgan fingerprint density at radius 1 is 1.33 bits per heavy atom. The van der Waals surface area contributed by atoms with Gasteiger partial charge in [0.05, 0.1) is 5.92 Å². The zero-order valence-electron chi connectivity index (χ0n) is 15.1. The van der Waals surface area contributed by atoms with Crippen LogP contribution in [0.25, 0.3) is 11.4 Å². The first-order valence-electron chi connectivity index (χ1n) is 9.03. The van der Waals surface area contributed by atoms with E-state index in [0.29, 0.717) is 55.5 Å². The van der Waals surface area contributed by atoms with Gasteiger partial charge in [0.15, 0.2) is 0 Å². The number of amides is 1. The number of carboxylic acid groups (broad SMARTS) is 1. The predicted octanol–water partition coefficient (Wildman–Crippen LogP) is 3.28. The molecule has 1 aromatic carbocycles. The van der Waals surface area contributed by atoms with Crippen molar-refractivity contribution in [1.82, 2.24) is 15.0 Å². The molecule has 27 heavy (non-hydrogen) atoms. The van der Waals surface area contributed by atoms with Gasteiger partial charge in [0.25, 0.3) is 0 Å². The number of hydrogen-bond acceptors (Lipinski definition) is 5. The Morgan fingerprint density at radius 3 is 2.74 bits per heavy atom. The molecule has 1 aliphatic rings. The van der Waals surface area contributed by atoms with Crippen LogP contribution in [-0.4, -0.2) is 45.1 Å². The molecule has 2 unspecified atom stereocenters. The lowest BCUT2D eigenvalue weighted by Gasteiger charge is -2.35. The maximum Gasteiger partial charge on any atom is 0.306 e. The second kappa shape index (κ2) is 8.52. The summed E-state index contributed by atoms with van der Waals surface area (Å²) in [7, 11) is 0. The van der Waals surface area contributed by atoms with Gasteiger partial charge in [-0.2, -0.15) is 4.98 Å². The highest BCUT2D eigenvalue weighted by molar-refractivity contribution is 6.30. The molecule has 1 aromatic heterocycles. The zero-order chi connectivity index (χ0) is 19.4. The van der Waals surface area contributed by atoms with Crippen LogP contribution in [-0.2, 0) is 16.0 Å². The average Bonchev–Trinajstić information content (AvgIpc) is 3.10. The van der Waals surface area contributed by atoms with E-state index in [1.54, 1.807) is 17.0 Å². The number of likely N-dealkylation sites (tertiary alicyclic amines) is 1. The van der Waals surface area contributed by atoms with E-state index in [0.717, 1.165) is 5.56 Å². The minimum Gasteiger partial charge on any atom is -0.481 e. The van der Waals surface area contributed by atoms with Crippen LogP contribution in [0, 0.1) is 11.8 Å². The fourth-order valence-corrected chi connectivity index (χ4v) is 3.49. The van der Waals surface area contributed by atoms with Crippen molar-refractivity contribution in [2.45, 2.75) is 32.6 Å². The average molecular weight is 392 g/mol. The molecule has 1 N–H and O–H groups in total. The van der Waals surface area contributed by atoms with Crippen LogP contribution in [0.15, 0.2) is 28.8 Å². The molecular weight excluding hydrogens is 370 g/mol. The van der Waals surface area contributed by atoms with Crippen LogP contribution in [0.4, 0.5) is 0 Å². The van der Waals surface area contributed by atoms with E-state index in [9.17, 15) is 9.59 Å². The lowest BCUT2D eigenvalue weighted by molar-refractivity contribution is -0.148. The Bertz CT molecular complexity index is 806. The summed E-state index contributed by atoms with van der Waals surface area (Å²) in [5.41, 5.74) is 0.820. The summed E-state index contributed by atoms with van der Waals surface area (Å²) >= 11 is 5.87. The van der Waals surface area contributed by atoms with Gasteiger partial charge in [-0.05, 0) is 43.0 Å². The summed E-state index contributed by atoms with van der Waals surface area (Å²) < 4.78 is 5.25. The molecule has 1 saturated heterocycles. The summed E-state index contributed by atoms with van der Waals surface area (Å²) in [5, 5.41) is 13.8. The molecule has 1 aliphatic heterocycles. The minimum atomic E-state index is -0.775. The molecule has 1 fully saturated rings. The quantitative estimate of drug-likeness (QED) is 0.811. The highest BCUT2D eigenvalue weighted by Gasteiger charge is 2.32. The van der Waals surface area contributed by atoms with Crippen LogP contribution < -0.4 is 0 Å². The Balaban J connectivity index is 1.47. The summed E-state index contributed by atoms with van der Waals surface area (Å²) in [6, 6.07) is 7.17. The van der Waals surface area contributed by atoms with Gasteiger partial charge in [0, 0.05) is 36.5 Å². The molecule has 2 atom stereocenters. The maximum atomic E-state index is 12.4. The molecule has 8 heteroatoms. The van der Waals surface area contributed by atoms with Crippen molar-refractivity contribution in [3.63, 3.8) is 0 Å². The van der Waals surface area contributed by atoms with Crippen LogP contribution >= 0.6 is 11.6 Å². The molecule has 2 aromatic rings. The highest BCUT2D eigenvalue weighted by Crippen LogP contribution is 2.24. The minimum absolute atomic E-state index is 0.0296. The first-order valence-corrected chi connectivity index (χ1v) is 9.41. The summed E-state index contributed by atoms with van der Waals surface area (Å²) in [6.45, 7) is 2.88. The number of benzene rings is 1. The van der Waals surface area contributed by atoms with Crippen molar-refractivity contribution in [3.8, 4) is 11.4 Å². The second-order valence-electron chi connectivity index (χ2n) is 6.92. The number of carbonyl (C=O) groups is 2. The fourth-order valence-electron chi connectivity index (χ4n) is 3.36. The number of carbonyl (C=O) groups excluding carboxylic acids is 1. The molecule has 1 amide bonds. The highest BCUT2D eigenvalue weighted by atomic mass is 35.5. The van der Waals surface area contributed by atoms with Crippen molar-refractivity contribution in [3.05, 3.63) is 35.2 Å². The molecular formula is C19H22ClN3O4. The molecule has 0 aliphatic carbocycles. The van der Waals surface area contributed by atoms with Crippen molar-refractivity contribution in [2.24, 2.45) is 11.8 Å². The number of carboxylic acids is 1. The van der Waals surface area contributed by atoms with Crippen LogP contribution in [0.2, 0.25) is 5.02 Å². The van der Waals surface area contributed by atoms with Crippen LogP contribution in [0.1, 0.15) is 32.1 Å². The summed E-state index contributed by atoms with van der Waals surface area (Å²) in [4.78, 5) is 29.6. The molecule has 0 spiro atoms. The fraction of sp³-hybridized carbons (Fsp3) is 0.474. The van der Waals surface area contributed by atoms with Gasteiger partial charge in [0.2, 0.25) is 17.6 Å². The monoisotopic (exact) mass is 391 g/mol. The summed E-state index contributed by atoms with van der Waals surface area (Å²) in [5.74, 6) is -0.134. The first kappa shape index (κ1) is 19.4. The topological polar surface area (TPSA) is 96.5 Å². The van der Waals surface area contributed by atoms with E-state index in [2.05, 4.69) is 10.1 Å². The molecule has 2 heterocycles. The molecule has 144 valence electrons. The number of halogens is 1. The molecule has 0 radical (unpaired) electrons. The van der Waals surface area contributed by atoms with E-state index in [1.807, 2.05) is 19.1 Å². The lowest BCUT2D eigenvalue weighted by Crippen LogP contribution is -2.44. The number of aromatic nitrogens is 2. The van der Waals surface area contributed by atoms with Gasteiger partial charge in [-0.15, -0.1) is 0 Å². The number of hydrogen-bond donors (Lipinski definition) is 1. The third kappa shape index (κ3) is 4.86. The van der Waals surface area contributed by atoms with Crippen molar-refractivity contribution >= 4 is 23.5 Å². The van der Waals surface area contributed by atoms with Gasteiger partial charge in [-0.1, -0.05) is 23.7 Å². The lowest BCUT2D eigenvalue weighted by atomic mass is 9.87. The van der Waals surface area contributed by atoms with E-state index in [4.69, 9.17) is 21.2 Å². The molecule has 0 saturated carbocycles. The summed E-state index contributed by atoms with van der Waals surface area (Å²) in [6.07, 6.45) is 2.02. The zero-order valence-corrected chi connectivity index (χ0v) is 15.9. The van der Waals surface area contributed by atoms with Gasteiger partial charge in [-0.3, -0.25) is 9.59 Å². The standard InChI is InChI=1S/C19H22ClN3O4/c1-12-11-23(10-9-15(12)19(25)26)17(24)4-2-3-16-21-18(22-27-16)13-5-7-14(20)8-6-13/h5-8,12,15H,2-4,9-11H2,1H3,(H,25,26). The third-order valence-corrected chi connectivity index (χ3v) is 5.18. The maximum absolute atomic E-state index is 12.4. The Kier molecular flexibility index (Phi) is 6.11. The number of aliphatic carboxylic acids is 1. The Morgan fingerprint density at radius 2 is 2.07 bits per heavy atom. The number of aryl methyl sites for hydroxylation is 1. The van der Waals surface area contributed by atoms with Gasteiger partial charge in [-0.25, -0.2) is 0 Å². The normalized spacial score (nSPS) is 19.9. The molecule has 3 rings (SSSR count). The van der Waals surface area contributed by atoms with Gasteiger partial charge < -0.3 is 14.5 Å².